The first-order chi connectivity index (χ1) is 7.24. The van der Waals surface area contributed by atoms with Gasteiger partial charge in [-0.05, 0) is 62.0 Å². The van der Waals surface area contributed by atoms with Crippen molar-refractivity contribution in [1.29, 1.82) is 0 Å². The van der Waals surface area contributed by atoms with Gasteiger partial charge in [0.1, 0.15) is 5.75 Å². The Kier molecular flexibility index (Phi) is 1.99. The molecule has 1 heterocycles. The molecule has 0 radical (unpaired) electrons. The number of nitrogens with zero attached hydrogens (tertiary/aromatic N) is 1. The molecule has 2 atom stereocenters. The number of aromatic hydroxyl groups is 1. The summed E-state index contributed by atoms with van der Waals surface area (Å²) in [6, 6.07) is 6.62. The molecular weight excluding hydrogens is 186 g/mol. The Labute approximate surface area is 90.5 Å². The van der Waals surface area contributed by atoms with Crippen molar-refractivity contribution in [2.24, 2.45) is 0 Å². The van der Waals surface area contributed by atoms with Crippen molar-refractivity contribution in [2.75, 3.05) is 13.6 Å². The van der Waals surface area contributed by atoms with Crippen molar-refractivity contribution >= 4 is 0 Å². The van der Waals surface area contributed by atoms with E-state index in [0.29, 0.717) is 11.7 Å². The Morgan fingerprint density at radius 2 is 2.27 bits per heavy atom. The van der Waals surface area contributed by atoms with Gasteiger partial charge in [-0.1, -0.05) is 6.07 Å². The van der Waals surface area contributed by atoms with Gasteiger partial charge in [0.05, 0.1) is 0 Å². The van der Waals surface area contributed by atoms with E-state index in [2.05, 4.69) is 18.0 Å². The molecule has 0 aromatic heterocycles. The van der Waals surface area contributed by atoms with Crippen LogP contribution in [-0.2, 0) is 6.42 Å². The molecule has 1 N–H and O–H groups in total. The fraction of sp³-hybridized carbons (Fsp3) is 0.538. The summed E-state index contributed by atoms with van der Waals surface area (Å²) in [5, 5.41) is 9.53. The zero-order valence-electron chi connectivity index (χ0n) is 9.11. The zero-order valence-corrected chi connectivity index (χ0v) is 9.11. The predicted molar refractivity (Wildman–Crippen MR) is 60.2 cm³/mol. The van der Waals surface area contributed by atoms with Gasteiger partial charge in [-0.2, -0.15) is 0 Å². The number of likely N-dealkylation sites (tertiary alicyclic amines) is 1. The third-order valence-corrected chi connectivity index (χ3v) is 4.04. The van der Waals surface area contributed by atoms with Gasteiger partial charge < -0.3 is 10.0 Å². The van der Waals surface area contributed by atoms with E-state index in [1.165, 1.54) is 30.5 Å². The molecule has 3 rings (SSSR count). The number of rotatable bonds is 0. The summed E-state index contributed by atoms with van der Waals surface area (Å²) in [5.41, 5.74) is 2.85. The molecule has 2 heteroatoms. The fourth-order valence-corrected chi connectivity index (χ4v) is 3.09. The number of hydrogen-bond acceptors (Lipinski definition) is 2. The van der Waals surface area contributed by atoms with Crippen LogP contribution in [0.2, 0.25) is 0 Å². The number of phenols is 1. The maximum absolute atomic E-state index is 9.53. The third kappa shape index (κ3) is 1.44. The van der Waals surface area contributed by atoms with E-state index in [4.69, 9.17) is 0 Å². The van der Waals surface area contributed by atoms with Crippen LogP contribution in [-0.4, -0.2) is 29.6 Å². The average molecular weight is 203 g/mol. The van der Waals surface area contributed by atoms with Crippen LogP contribution in [0.15, 0.2) is 18.2 Å². The van der Waals surface area contributed by atoms with Gasteiger partial charge in [-0.15, -0.1) is 0 Å². The molecule has 2 aliphatic rings. The van der Waals surface area contributed by atoms with E-state index < -0.39 is 0 Å². The molecule has 15 heavy (non-hydrogen) atoms. The second-order valence-corrected chi connectivity index (χ2v) is 4.94. The number of piperidine rings is 1. The molecule has 2 nitrogen and oxygen atoms in total. The molecule has 0 spiro atoms. The lowest BCUT2D eigenvalue weighted by atomic mass is 9.75. The molecule has 0 saturated carbocycles. The number of phenolic OH excluding ortho intramolecular Hbond substituents is 1. The molecule has 1 fully saturated rings. The smallest absolute Gasteiger partial charge is 0.115 e. The quantitative estimate of drug-likeness (QED) is 0.698. The standard InChI is InChI=1S/C13H17NO/c1-14-5-4-10-7-11(14)6-9-2-3-12(15)8-13(9)10/h2-3,8,10-11,15H,4-7H2,1H3/t10?,11-/m1/s1. The highest BCUT2D eigenvalue weighted by Gasteiger charge is 2.33. The van der Waals surface area contributed by atoms with E-state index in [0.717, 1.165) is 12.5 Å². The van der Waals surface area contributed by atoms with Crippen LogP contribution < -0.4 is 0 Å². The van der Waals surface area contributed by atoms with Crippen molar-refractivity contribution in [1.82, 2.24) is 4.90 Å². The Balaban J connectivity index is 2.03. The number of hydrogen-bond donors (Lipinski definition) is 1. The lowest BCUT2D eigenvalue weighted by molar-refractivity contribution is 0.157. The van der Waals surface area contributed by atoms with E-state index in [1.807, 2.05) is 12.1 Å². The normalized spacial score (nSPS) is 29.9. The summed E-state index contributed by atoms with van der Waals surface area (Å²) in [6.07, 6.45) is 3.67. The summed E-state index contributed by atoms with van der Waals surface area (Å²) in [6.45, 7) is 1.20. The SMILES string of the molecule is CN1CCC2C[C@H]1Cc1ccc(O)cc12. The fourth-order valence-electron chi connectivity index (χ4n) is 3.09. The lowest BCUT2D eigenvalue weighted by Crippen LogP contribution is -2.43. The monoisotopic (exact) mass is 203 g/mol. The second-order valence-electron chi connectivity index (χ2n) is 4.94. The molecule has 1 aromatic rings. The van der Waals surface area contributed by atoms with Gasteiger partial charge in [0.15, 0.2) is 0 Å². The highest BCUT2D eigenvalue weighted by atomic mass is 16.3. The number of fused-ring (bicyclic) bond motifs is 4. The largest absolute Gasteiger partial charge is 0.508 e. The minimum Gasteiger partial charge on any atom is -0.508 e. The molecule has 0 amide bonds. The molecular formula is C13H17NO. The van der Waals surface area contributed by atoms with Crippen molar-refractivity contribution < 1.29 is 5.11 Å². The second kappa shape index (κ2) is 3.24. The van der Waals surface area contributed by atoms with E-state index in [1.54, 1.807) is 0 Å². The van der Waals surface area contributed by atoms with Gasteiger partial charge in [0, 0.05) is 6.04 Å². The molecule has 80 valence electrons. The summed E-state index contributed by atoms with van der Waals surface area (Å²) < 4.78 is 0. The summed E-state index contributed by atoms with van der Waals surface area (Å²) in [5.74, 6) is 1.10. The number of benzene rings is 1. The maximum atomic E-state index is 9.53. The summed E-state index contributed by atoms with van der Waals surface area (Å²) >= 11 is 0. The number of likely N-dealkylation sites (N-methyl/N-ethyl adjacent to an activating group) is 1. The van der Waals surface area contributed by atoms with Crippen LogP contribution in [0.25, 0.3) is 0 Å². The van der Waals surface area contributed by atoms with Crippen LogP contribution in [0.4, 0.5) is 0 Å². The average Bonchev–Trinajstić information content (AvgIpc) is 2.24. The van der Waals surface area contributed by atoms with Crippen LogP contribution in [0.5, 0.6) is 5.75 Å². The van der Waals surface area contributed by atoms with E-state index in [-0.39, 0.29) is 0 Å². The van der Waals surface area contributed by atoms with Crippen LogP contribution in [0.1, 0.15) is 29.9 Å². The van der Waals surface area contributed by atoms with E-state index >= 15 is 0 Å². The van der Waals surface area contributed by atoms with Crippen molar-refractivity contribution in [3.05, 3.63) is 29.3 Å². The van der Waals surface area contributed by atoms with Crippen LogP contribution >= 0.6 is 0 Å². The first-order valence-electron chi connectivity index (χ1n) is 5.76. The lowest BCUT2D eigenvalue weighted by Gasteiger charge is -2.42. The van der Waals surface area contributed by atoms with Gasteiger partial charge in [0.25, 0.3) is 0 Å². The van der Waals surface area contributed by atoms with Crippen molar-refractivity contribution in [3.63, 3.8) is 0 Å². The first kappa shape index (κ1) is 9.22. The Morgan fingerprint density at radius 3 is 3.13 bits per heavy atom. The minimum absolute atomic E-state index is 0.422. The molecule has 1 aliphatic heterocycles. The van der Waals surface area contributed by atoms with Gasteiger partial charge in [-0.3, -0.25) is 0 Å². The van der Waals surface area contributed by atoms with Crippen LogP contribution in [0, 0.1) is 0 Å². The van der Waals surface area contributed by atoms with Gasteiger partial charge in [0.2, 0.25) is 0 Å². The molecule has 1 aliphatic carbocycles. The maximum Gasteiger partial charge on any atom is 0.115 e. The third-order valence-electron chi connectivity index (χ3n) is 4.04. The Hall–Kier alpha value is -1.02. The molecule has 1 unspecified atom stereocenters. The predicted octanol–water partition coefficient (Wildman–Crippen LogP) is 2.13. The van der Waals surface area contributed by atoms with Crippen molar-refractivity contribution in [2.45, 2.75) is 31.2 Å². The summed E-state index contributed by atoms with van der Waals surface area (Å²) in [4.78, 5) is 2.48. The molecule has 1 saturated heterocycles. The topological polar surface area (TPSA) is 23.5 Å². The first-order valence-corrected chi connectivity index (χ1v) is 5.76. The molecule has 2 bridgehead atoms. The van der Waals surface area contributed by atoms with Crippen LogP contribution in [0.3, 0.4) is 0 Å². The Morgan fingerprint density at radius 1 is 1.40 bits per heavy atom. The highest BCUT2D eigenvalue weighted by Crippen LogP contribution is 2.40. The summed E-state index contributed by atoms with van der Waals surface area (Å²) in [7, 11) is 2.23. The minimum atomic E-state index is 0.422. The highest BCUT2D eigenvalue weighted by molar-refractivity contribution is 5.40. The van der Waals surface area contributed by atoms with E-state index in [9.17, 15) is 5.11 Å². The Bertz CT molecular complexity index is 388. The molecule has 1 aromatic carbocycles. The van der Waals surface area contributed by atoms with Crippen molar-refractivity contribution in [3.8, 4) is 5.75 Å². The zero-order chi connectivity index (χ0) is 10.4. The van der Waals surface area contributed by atoms with Gasteiger partial charge in [-0.25, -0.2) is 0 Å². The van der Waals surface area contributed by atoms with Gasteiger partial charge >= 0.3 is 0 Å².